The normalized spacial score (nSPS) is 14.7. The van der Waals surface area contributed by atoms with Crippen LogP contribution in [0.15, 0.2) is 30.5 Å². The molecule has 1 saturated heterocycles. The van der Waals surface area contributed by atoms with Gasteiger partial charge in [0.25, 0.3) is 0 Å². The van der Waals surface area contributed by atoms with E-state index in [0.29, 0.717) is 22.7 Å². The van der Waals surface area contributed by atoms with Crippen LogP contribution in [0.2, 0.25) is 0 Å². The highest BCUT2D eigenvalue weighted by atomic mass is 19.1. The summed E-state index contributed by atoms with van der Waals surface area (Å²) in [5.41, 5.74) is 1.13. The number of hydrogen-bond donors (Lipinski definition) is 1. The first kappa shape index (κ1) is 24.0. The van der Waals surface area contributed by atoms with Crippen LogP contribution in [-0.2, 0) is 0 Å². The van der Waals surface area contributed by atoms with E-state index in [4.69, 9.17) is 0 Å². The van der Waals surface area contributed by atoms with Crippen LogP contribution in [0.3, 0.4) is 0 Å². The molecule has 0 saturated carbocycles. The molecule has 36 heavy (non-hydrogen) atoms. The van der Waals surface area contributed by atoms with E-state index < -0.39 is 11.6 Å². The topological polar surface area (TPSA) is 87.9 Å². The Kier molecular flexibility index (Phi) is 6.48. The molecule has 1 aromatic carbocycles. The van der Waals surface area contributed by atoms with Gasteiger partial charge in [-0.1, -0.05) is 6.92 Å². The van der Waals surface area contributed by atoms with Gasteiger partial charge in [-0.2, -0.15) is 0 Å². The van der Waals surface area contributed by atoms with Gasteiger partial charge in [-0.3, -0.25) is 0 Å². The molecule has 0 aliphatic carbocycles. The number of fused-ring (bicyclic) bond motifs is 1. The number of halogens is 2. The third-order valence-corrected chi connectivity index (χ3v) is 6.49. The third-order valence-electron chi connectivity index (χ3n) is 6.49. The van der Waals surface area contributed by atoms with Crippen molar-refractivity contribution in [3.8, 4) is 11.3 Å². The van der Waals surface area contributed by atoms with E-state index in [2.05, 4.69) is 47.2 Å². The van der Waals surface area contributed by atoms with E-state index in [1.165, 1.54) is 6.07 Å². The van der Waals surface area contributed by atoms with Crippen molar-refractivity contribution in [2.24, 2.45) is 0 Å². The van der Waals surface area contributed by atoms with Crippen LogP contribution >= 0.6 is 0 Å². The Morgan fingerprint density at radius 3 is 2.44 bits per heavy atom. The molecule has 0 spiro atoms. The molecule has 0 amide bonds. The zero-order valence-corrected chi connectivity index (χ0v) is 20.8. The lowest BCUT2D eigenvalue weighted by Gasteiger charge is -2.34. The molecule has 4 aromatic rings. The van der Waals surface area contributed by atoms with Crippen molar-refractivity contribution in [2.45, 2.75) is 33.7 Å². The van der Waals surface area contributed by atoms with Gasteiger partial charge in [0.1, 0.15) is 17.0 Å². The summed E-state index contributed by atoms with van der Waals surface area (Å²) >= 11 is 0. The van der Waals surface area contributed by atoms with Crippen molar-refractivity contribution in [3.05, 3.63) is 47.9 Å². The van der Waals surface area contributed by atoms with Crippen molar-refractivity contribution in [1.29, 1.82) is 0 Å². The maximum Gasteiger partial charge on any atom is 0.229 e. The Labute approximate surface area is 208 Å². The second-order valence-electron chi connectivity index (χ2n) is 9.16. The van der Waals surface area contributed by atoms with Gasteiger partial charge in [-0.25, -0.2) is 23.7 Å². The number of imidazole rings is 1. The van der Waals surface area contributed by atoms with Crippen molar-refractivity contribution in [3.63, 3.8) is 0 Å². The number of nitrogens with zero attached hydrogens (tertiary/aromatic N) is 8. The Balaban J connectivity index is 1.40. The summed E-state index contributed by atoms with van der Waals surface area (Å²) in [6.07, 6.45) is 1.06. The molecule has 1 aliphatic rings. The summed E-state index contributed by atoms with van der Waals surface area (Å²) in [6, 6.07) is 6.70. The molecule has 9 nitrogen and oxygen atoms in total. The molecule has 4 heterocycles. The summed E-state index contributed by atoms with van der Waals surface area (Å²) in [7, 11) is 0. The molecule has 11 heteroatoms. The number of nitrogens with one attached hydrogen (secondary N) is 1. The van der Waals surface area contributed by atoms with Gasteiger partial charge in [0.05, 0.1) is 11.7 Å². The Morgan fingerprint density at radius 1 is 1.00 bits per heavy atom. The van der Waals surface area contributed by atoms with Crippen molar-refractivity contribution in [1.82, 2.24) is 34.6 Å². The predicted octanol–water partition coefficient (Wildman–Crippen LogP) is 4.34. The number of anilines is 3. The van der Waals surface area contributed by atoms with E-state index >= 15 is 0 Å². The third kappa shape index (κ3) is 4.58. The summed E-state index contributed by atoms with van der Waals surface area (Å²) in [4.78, 5) is 17.3. The predicted molar refractivity (Wildman–Crippen MR) is 135 cm³/mol. The van der Waals surface area contributed by atoms with E-state index in [1.807, 2.05) is 31.4 Å². The van der Waals surface area contributed by atoms with E-state index in [1.54, 1.807) is 12.1 Å². The van der Waals surface area contributed by atoms with Gasteiger partial charge < -0.3 is 19.7 Å². The lowest BCUT2D eigenvalue weighted by Crippen LogP contribution is -2.46. The highest BCUT2D eigenvalue weighted by Crippen LogP contribution is 2.30. The quantitative estimate of drug-likeness (QED) is 0.425. The minimum absolute atomic E-state index is 0.0131. The summed E-state index contributed by atoms with van der Waals surface area (Å²) in [5, 5.41) is 11.5. The Morgan fingerprint density at radius 2 is 1.78 bits per heavy atom. The molecule has 0 radical (unpaired) electrons. The van der Waals surface area contributed by atoms with Gasteiger partial charge in [-0.15, -0.1) is 10.2 Å². The molecular weight excluding hydrogens is 464 g/mol. The number of hydrogen-bond acceptors (Lipinski definition) is 8. The largest absolute Gasteiger partial charge is 0.353 e. The van der Waals surface area contributed by atoms with Gasteiger partial charge in [0.2, 0.25) is 5.95 Å². The fourth-order valence-corrected chi connectivity index (χ4v) is 4.66. The first-order valence-electron chi connectivity index (χ1n) is 12.1. The average Bonchev–Trinajstić information content (AvgIpc) is 3.22. The van der Waals surface area contributed by atoms with E-state index in [-0.39, 0.29) is 23.2 Å². The van der Waals surface area contributed by atoms with Crippen molar-refractivity contribution in [2.75, 3.05) is 42.9 Å². The minimum atomic E-state index is -0.653. The van der Waals surface area contributed by atoms with Crippen LogP contribution in [0, 0.1) is 18.6 Å². The van der Waals surface area contributed by atoms with Crippen LogP contribution in [-0.4, -0.2) is 67.3 Å². The second kappa shape index (κ2) is 9.73. The van der Waals surface area contributed by atoms with Crippen LogP contribution in [0.4, 0.5) is 26.4 Å². The zero-order chi connectivity index (χ0) is 25.4. The number of benzene rings is 1. The average molecular weight is 494 g/mol. The fourth-order valence-electron chi connectivity index (χ4n) is 4.66. The van der Waals surface area contributed by atoms with Crippen LogP contribution in [0.5, 0.6) is 0 Å². The molecule has 0 atom stereocenters. The number of aromatic nitrogens is 6. The molecule has 0 bridgehead atoms. The lowest BCUT2D eigenvalue weighted by atomic mass is 10.1. The first-order chi connectivity index (χ1) is 17.3. The molecule has 188 valence electrons. The van der Waals surface area contributed by atoms with Crippen LogP contribution < -0.4 is 10.2 Å². The van der Waals surface area contributed by atoms with Crippen molar-refractivity contribution >= 4 is 28.6 Å². The SMILES string of the molecule is CCN1CCN(c2ccc(Nc3ncc(F)c(-c4cc(F)c5nc(C)n(C(C)C)c5c4)n3)nn2)CC1. The summed E-state index contributed by atoms with van der Waals surface area (Å²) in [6.45, 7) is 12.8. The number of aryl methyl sites for hydroxylation is 1. The van der Waals surface area contributed by atoms with Crippen LogP contribution in [0.1, 0.15) is 32.6 Å². The highest BCUT2D eigenvalue weighted by molar-refractivity contribution is 5.83. The molecule has 5 rings (SSSR count). The van der Waals surface area contributed by atoms with Gasteiger partial charge in [-0.05, 0) is 51.6 Å². The zero-order valence-electron chi connectivity index (χ0n) is 20.8. The second-order valence-corrected chi connectivity index (χ2v) is 9.16. The summed E-state index contributed by atoms with van der Waals surface area (Å²) in [5.74, 6) is 0.879. The molecule has 1 N–H and O–H groups in total. The van der Waals surface area contributed by atoms with E-state index in [9.17, 15) is 8.78 Å². The lowest BCUT2D eigenvalue weighted by molar-refractivity contribution is 0.270. The maximum absolute atomic E-state index is 14.9. The molecular formula is C25H29F2N9. The number of piperazine rings is 1. The molecule has 1 fully saturated rings. The molecule has 3 aromatic heterocycles. The smallest absolute Gasteiger partial charge is 0.229 e. The minimum Gasteiger partial charge on any atom is -0.353 e. The van der Waals surface area contributed by atoms with Gasteiger partial charge in [0.15, 0.2) is 23.3 Å². The van der Waals surface area contributed by atoms with Gasteiger partial charge >= 0.3 is 0 Å². The fraction of sp³-hybridized carbons (Fsp3) is 0.400. The monoisotopic (exact) mass is 493 g/mol. The van der Waals surface area contributed by atoms with Crippen LogP contribution in [0.25, 0.3) is 22.3 Å². The standard InChI is InChI=1S/C25H29F2N9/c1-5-34-8-10-35(11-9-34)22-7-6-21(32-33-22)30-25-28-14-19(27)23(31-25)17-12-18(26)24-20(13-17)36(15(2)3)16(4)29-24/h6-7,12-15H,5,8-11H2,1-4H3,(H,28,30,31,32). The maximum atomic E-state index is 14.9. The van der Waals surface area contributed by atoms with Crippen molar-refractivity contribution < 1.29 is 8.78 Å². The summed E-state index contributed by atoms with van der Waals surface area (Å²) < 4.78 is 31.6. The Hall–Kier alpha value is -3.73. The Bertz CT molecular complexity index is 1380. The number of rotatable bonds is 6. The highest BCUT2D eigenvalue weighted by Gasteiger charge is 2.19. The first-order valence-corrected chi connectivity index (χ1v) is 12.1. The molecule has 0 unspecified atom stereocenters. The number of likely N-dealkylation sites (N-methyl/N-ethyl adjacent to an activating group) is 1. The van der Waals surface area contributed by atoms with Gasteiger partial charge in [0, 0.05) is 37.8 Å². The van der Waals surface area contributed by atoms with E-state index in [0.717, 1.165) is 44.7 Å². The molecule has 1 aliphatic heterocycles.